The van der Waals surface area contributed by atoms with Crippen LogP contribution in [0.25, 0.3) is 22.6 Å². The minimum absolute atomic E-state index is 0.434. The first kappa shape index (κ1) is 26.2. The zero-order chi connectivity index (χ0) is 27.2. The third kappa shape index (κ3) is 6.35. The number of pyridine rings is 1. The van der Waals surface area contributed by atoms with Gasteiger partial charge in [0.05, 0.1) is 17.8 Å². The van der Waals surface area contributed by atoms with Crippen molar-refractivity contribution >= 4 is 28.8 Å². The molecule has 0 amide bonds. The first-order valence-electron chi connectivity index (χ1n) is 12.7. The number of halogens is 1. The summed E-state index contributed by atoms with van der Waals surface area (Å²) >= 11 is 6.27. The minimum Gasteiger partial charge on any atom is -0.495 e. The van der Waals surface area contributed by atoms with Crippen LogP contribution >= 0.6 is 11.6 Å². The van der Waals surface area contributed by atoms with Crippen molar-refractivity contribution in [3.63, 3.8) is 0 Å². The first-order chi connectivity index (χ1) is 19.0. The summed E-state index contributed by atoms with van der Waals surface area (Å²) in [7, 11) is 1.61. The second-order valence-corrected chi connectivity index (χ2v) is 10.0. The first-order valence-corrected chi connectivity index (χ1v) is 13.1. The number of methoxy groups -OCH3 is 1. The Hall–Kier alpha value is -4.43. The van der Waals surface area contributed by atoms with E-state index in [1.807, 2.05) is 54.6 Å². The smallest absolute Gasteiger partial charge is 0.180 e. The molecule has 39 heavy (non-hydrogen) atoms. The van der Waals surface area contributed by atoms with E-state index in [1.54, 1.807) is 7.11 Å². The molecule has 198 valence electrons. The molecule has 2 aromatic heterocycles. The molecule has 0 saturated heterocycles. The van der Waals surface area contributed by atoms with E-state index in [-0.39, 0.29) is 0 Å². The maximum Gasteiger partial charge on any atom is 0.180 e. The Kier molecular flexibility index (Phi) is 8.03. The number of rotatable bonds is 10. The molecule has 0 spiro atoms. The highest BCUT2D eigenvalue weighted by Crippen LogP contribution is 2.35. The lowest BCUT2D eigenvalue weighted by Crippen LogP contribution is -2.28. The van der Waals surface area contributed by atoms with Crippen LogP contribution in [0.15, 0.2) is 84.9 Å². The maximum atomic E-state index is 6.27. The Labute approximate surface area is 233 Å². The summed E-state index contributed by atoms with van der Waals surface area (Å²) < 4.78 is 5.43. The SMILES string of the molecule is COc1cc(Nc2cc(-c3ccccc3-c3nnn[nH]3)nc(N(Cc3ccccc3)CC(C)C)c2)ccc1Cl. The molecule has 2 heterocycles. The van der Waals surface area contributed by atoms with Gasteiger partial charge in [0.25, 0.3) is 0 Å². The van der Waals surface area contributed by atoms with Gasteiger partial charge in [0.2, 0.25) is 0 Å². The summed E-state index contributed by atoms with van der Waals surface area (Å²) in [5.41, 5.74) is 5.53. The summed E-state index contributed by atoms with van der Waals surface area (Å²) in [5, 5.41) is 18.7. The topological polar surface area (TPSA) is 91.8 Å². The molecule has 0 saturated carbocycles. The monoisotopic (exact) mass is 539 g/mol. The number of hydrogen-bond acceptors (Lipinski definition) is 7. The van der Waals surface area contributed by atoms with Crippen molar-refractivity contribution in [2.24, 2.45) is 5.92 Å². The highest BCUT2D eigenvalue weighted by Gasteiger charge is 2.17. The van der Waals surface area contributed by atoms with Gasteiger partial charge in [0.1, 0.15) is 11.6 Å². The summed E-state index contributed by atoms with van der Waals surface area (Å²) in [6.07, 6.45) is 0. The summed E-state index contributed by atoms with van der Waals surface area (Å²) in [5.74, 6) is 2.48. The van der Waals surface area contributed by atoms with E-state index in [0.717, 1.165) is 47.1 Å². The molecule has 0 fully saturated rings. The fourth-order valence-corrected chi connectivity index (χ4v) is 4.66. The standard InChI is InChI=1S/C30H30ClN7O/c1-20(2)18-38(19-21-9-5-4-6-10-21)29-17-23(32-22-13-14-26(31)28(16-22)39-3)15-27(33-29)24-11-7-8-12-25(24)30-34-36-37-35-30/h4-17,20H,18-19H2,1-3H3,(H,32,33)(H,34,35,36,37). The van der Waals surface area contributed by atoms with Crippen LogP contribution in [0.2, 0.25) is 5.02 Å². The summed E-state index contributed by atoms with van der Waals surface area (Å²) in [6.45, 7) is 6.00. The fraction of sp³-hybridized carbons (Fsp3) is 0.200. The van der Waals surface area contributed by atoms with Crippen molar-refractivity contribution in [1.82, 2.24) is 25.6 Å². The number of ether oxygens (including phenoxy) is 1. The van der Waals surface area contributed by atoms with Gasteiger partial charge in [-0.15, -0.1) is 5.10 Å². The van der Waals surface area contributed by atoms with E-state index in [4.69, 9.17) is 21.3 Å². The number of aromatic amines is 1. The quantitative estimate of drug-likeness (QED) is 0.197. The third-order valence-electron chi connectivity index (χ3n) is 6.18. The number of nitrogens with zero attached hydrogens (tertiary/aromatic N) is 5. The van der Waals surface area contributed by atoms with Crippen LogP contribution < -0.4 is 15.0 Å². The average Bonchev–Trinajstić information content (AvgIpc) is 3.49. The van der Waals surface area contributed by atoms with Gasteiger partial charge in [0.15, 0.2) is 5.82 Å². The minimum atomic E-state index is 0.434. The largest absolute Gasteiger partial charge is 0.495 e. The van der Waals surface area contributed by atoms with Gasteiger partial charge in [-0.05, 0) is 40.1 Å². The number of aromatic nitrogens is 5. The second-order valence-electron chi connectivity index (χ2n) is 9.63. The predicted octanol–water partition coefficient (Wildman–Crippen LogP) is 7.00. The lowest BCUT2D eigenvalue weighted by atomic mass is 10.0. The zero-order valence-corrected chi connectivity index (χ0v) is 22.9. The van der Waals surface area contributed by atoms with Crippen LogP contribution in [0.4, 0.5) is 17.2 Å². The molecule has 0 bridgehead atoms. The van der Waals surface area contributed by atoms with E-state index in [1.165, 1.54) is 5.56 Å². The van der Waals surface area contributed by atoms with E-state index in [0.29, 0.717) is 22.5 Å². The molecule has 0 aliphatic heterocycles. The normalized spacial score (nSPS) is 11.0. The van der Waals surface area contributed by atoms with Gasteiger partial charge >= 0.3 is 0 Å². The fourth-order valence-electron chi connectivity index (χ4n) is 4.46. The van der Waals surface area contributed by atoms with Crippen LogP contribution in [0, 0.1) is 5.92 Å². The average molecular weight is 540 g/mol. The van der Waals surface area contributed by atoms with Crippen molar-refractivity contribution in [2.75, 3.05) is 23.9 Å². The van der Waals surface area contributed by atoms with Crippen molar-refractivity contribution in [2.45, 2.75) is 20.4 Å². The van der Waals surface area contributed by atoms with Crippen LogP contribution in [-0.4, -0.2) is 39.3 Å². The summed E-state index contributed by atoms with van der Waals surface area (Å²) in [6, 6.07) is 28.1. The Bertz CT molecular complexity index is 1520. The van der Waals surface area contributed by atoms with Gasteiger partial charge in [-0.3, -0.25) is 0 Å². The Balaban J connectivity index is 1.62. The molecule has 8 nitrogen and oxygen atoms in total. The number of benzene rings is 3. The van der Waals surface area contributed by atoms with E-state index >= 15 is 0 Å². The van der Waals surface area contributed by atoms with Gasteiger partial charge in [-0.2, -0.15) is 0 Å². The molecule has 0 aliphatic rings. The number of hydrogen-bond donors (Lipinski definition) is 2. The Morgan fingerprint density at radius 3 is 2.41 bits per heavy atom. The molecule has 5 aromatic rings. The number of nitrogens with one attached hydrogen (secondary N) is 2. The van der Waals surface area contributed by atoms with Gasteiger partial charge < -0.3 is 15.0 Å². The number of H-pyrrole nitrogens is 1. The van der Waals surface area contributed by atoms with Crippen molar-refractivity contribution in [3.05, 3.63) is 95.5 Å². The maximum absolute atomic E-state index is 6.27. The molecule has 3 aromatic carbocycles. The Morgan fingerprint density at radius 2 is 1.69 bits per heavy atom. The molecule has 0 aliphatic carbocycles. The van der Waals surface area contributed by atoms with Crippen molar-refractivity contribution in [1.29, 1.82) is 0 Å². The lowest BCUT2D eigenvalue weighted by molar-refractivity contribution is 0.415. The molecule has 0 unspecified atom stereocenters. The molecule has 9 heteroatoms. The highest BCUT2D eigenvalue weighted by molar-refractivity contribution is 6.32. The molecular weight excluding hydrogens is 510 g/mol. The second kappa shape index (κ2) is 12.0. The van der Waals surface area contributed by atoms with E-state index in [9.17, 15) is 0 Å². The highest BCUT2D eigenvalue weighted by atomic mass is 35.5. The van der Waals surface area contributed by atoms with Gasteiger partial charge in [-0.25, -0.2) is 10.1 Å². The summed E-state index contributed by atoms with van der Waals surface area (Å²) in [4.78, 5) is 7.49. The van der Waals surface area contributed by atoms with Crippen molar-refractivity contribution in [3.8, 4) is 28.4 Å². The van der Waals surface area contributed by atoms with E-state index in [2.05, 4.69) is 75.0 Å². The van der Waals surface area contributed by atoms with Crippen LogP contribution in [0.3, 0.4) is 0 Å². The lowest BCUT2D eigenvalue weighted by Gasteiger charge is -2.27. The van der Waals surface area contributed by atoms with Crippen LogP contribution in [0.5, 0.6) is 5.75 Å². The van der Waals surface area contributed by atoms with Gasteiger partial charge in [0, 0.05) is 47.7 Å². The molecular formula is C30H30ClN7O. The van der Waals surface area contributed by atoms with Crippen LogP contribution in [-0.2, 0) is 6.54 Å². The molecule has 0 atom stereocenters. The van der Waals surface area contributed by atoms with E-state index < -0.39 is 0 Å². The predicted molar refractivity (Wildman–Crippen MR) is 156 cm³/mol. The van der Waals surface area contributed by atoms with Crippen LogP contribution in [0.1, 0.15) is 19.4 Å². The zero-order valence-electron chi connectivity index (χ0n) is 22.1. The number of tetrazole rings is 1. The number of anilines is 3. The molecule has 2 N–H and O–H groups in total. The Morgan fingerprint density at radius 1 is 0.923 bits per heavy atom. The molecule has 0 radical (unpaired) electrons. The van der Waals surface area contributed by atoms with Crippen molar-refractivity contribution < 1.29 is 4.74 Å². The third-order valence-corrected chi connectivity index (χ3v) is 6.49. The van der Waals surface area contributed by atoms with Gasteiger partial charge in [-0.1, -0.05) is 80.0 Å². The molecule has 5 rings (SSSR count).